The number of aliphatic hydroxyl groups excluding tert-OH is 1. The Labute approximate surface area is 102 Å². The average molecular weight is 233 g/mol. The molecule has 0 bridgehead atoms. The van der Waals surface area contributed by atoms with E-state index in [0.29, 0.717) is 19.5 Å². The van der Waals surface area contributed by atoms with Gasteiger partial charge in [-0.1, -0.05) is 29.8 Å². The second kappa shape index (κ2) is 4.88. The number of aryl methyl sites for hydroxylation is 1. The lowest BCUT2D eigenvalue weighted by atomic mass is 10.0. The van der Waals surface area contributed by atoms with Gasteiger partial charge in [0, 0.05) is 25.4 Å². The van der Waals surface area contributed by atoms with Gasteiger partial charge < -0.3 is 10.0 Å². The van der Waals surface area contributed by atoms with E-state index >= 15 is 0 Å². The number of carbonyl (C=O) groups excluding carboxylic acids is 1. The van der Waals surface area contributed by atoms with Crippen LogP contribution in [0.3, 0.4) is 0 Å². The topological polar surface area (TPSA) is 40.5 Å². The standard InChI is InChI=1S/C14H19NO2/c1-10-3-5-12(6-4-10)8-15-9-13(11(2)16)7-14(15)17/h3-6,11,13,16H,7-9H2,1-2H3. The Hall–Kier alpha value is -1.35. The first-order chi connectivity index (χ1) is 8.06. The first kappa shape index (κ1) is 12.1. The SMILES string of the molecule is Cc1ccc(CN2CC(C(C)O)CC2=O)cc1. The van der Waals surface area contributed by atoms with Gasteiger partial charge in [0.15, 0.2) is 0 Å². The predicted octanol–water partition coefficient (Wildman–Crippen LogP) is 1.72. The maximum absolute atomic E-state index is 11.8. The van der Waals surface area contributed by atoms with Crippen LogP contribution in [0.2, 0.25) is 0 Å². The highest BCUT2D eigenvalue weighted by molar-refractivity contribution is 5.78. The quantitative estimate of drug-likeness (QED) is 0.863. The molecule has 0 spiro atoms. The maximum Gasteiger partial charge on any atom is 0.223 e. The molecule has 3 nitrogen and oxygen atoms in total. The van der Waals surface area contributed by atoms with Gasteiger partial charge in [-0.2, -0.15) is 0 Å². The lowest BCUT2D eigenvalue weighted by molar-refractivity contribution is -0.128. The Morgan fingerprint density at radius 3 is 2.59 bits per heavy atom. The number of hydrogen-bond donors (Lipinski definition) is 1. The van der Waals surface area contributed by atoms with Crippen LogP contribution >= 0.6 is 0 Å². The van der Waals surface area contributed by atoms with Gasteiger partial charge in [0.2, 0.25) is 5.91 Å². The van der Waals surface area contributed by atoms with E-state index in [1.54, 1.807) is 6.92 Å². The van der Waals surface area contributed by atoms with Crippen molar-refractivity contribution in [3.8, 4) is 0 Å². The van der Waals surface area contributed by atoms with Crippen molar-refractivity contribution in [2.24, 2.45) is 5.92 Å². The summed E-state index contributed by atoms with van der Waals surface area (Å²) in [7, 11) is 0. The van der Waals surface area contributed by atoms with Crippen LogP contribution in [-0.4, -0.2) is 28.6 Å². The van der Waals surface area contributed by atoms with Crippen molar-refractivity contribution in [1.29, 1.82) is 0 Å². The second-order valence-corrected chi connectivity index (χ2v) is 4.96. The number of nitrogens with zero attached hydrogens (tertiary/aromatic N) is 1. The van der Waals surface area contributed by atoms with Crippen molar-refractivity contribution < 1.29 is 9.90 Å². The largest absolute Gasteiger partial charge is 0.393 e. The zero-order chi connectivity index (χ0) is 12.4. The third kappa shape index (κ3) is 2.86. The minimum atomic E-state index is -0.401. The highest BCUT2D eigenvalue weighted by Crippen LogP contribution is 2.22. The summed E-state index contributed by atoms with van der Waals surface area (Å²) in [4.78, 5) is 13.6. The van der Waals surface area contributed by atoms with E-state index in [1.807, 2.05) is 11.8 Å². The van der Waals surface area contributed by atoms with Crippen molar-refractivity contribution in [3.05, 3.63) is 35.4 Å². The van der Waals surface area contributed by atoms with Crippen LogP contribution in [0.25, 0.3) is 0 Å². The van der Waals surface area contributed by atoms with Gasteiger partial charge in [0.05, 0.1) is 6.10 Å². The van der Waals surface area contributed by atoms with Crippen LogP contribution in [0, 0.1) is 12.8 Å². The van der Waals surface area contributed by atoms with Gasteiger partial charge in [0.1, 0.15) is 0 Å². The first-order valence-corrected chi connectivity index (χ1v) is 6.07. The van der Waals surface area contributed by atoms with E-state index < -0.39 is 6.10 Å². The zero-order valence-corrected chi connectivity index (χ0v) is 10.4. The van der Waals surface area contributed by atoms with Crippen LogP contribution in [0.15, 0.2) is 24.3 Å². The Morgan fingerprint density at radius 1 is 1.41 bits per heavy atom. The lowest BCUT2D eigenvalue weighted by Gasteiger charge is -2.17. The lowest BCUT2D eigenvalue weighted by Crippen LogP contribution is -2.26. The van der Waals surface area contributed by atoms with Crippen LogP contribution < -0.4 is 0 Å². The summed E-state index contributed by atoms with van der Waals surface area (Å²) in [6.07, 6.45) is 0.0748. The van der Waals surface area contributed by atoms with Crippen molar-refractivity contribution >= 4 is 5.91 Å². The molecule has 1 aliphatic rings. The van der Waals surface area contributed by atoms with Gasteiger partial charge in [-0.05, 0) is 19.4 Å². The Kier molecular flexibility index (Phi) is 3.48. The summed E-state index contributed by atoms with van der Waals surface area (Å²) < 4.78 is 0. The second-order valence-electron chi connectivity index (χ2n) is 4.96. The number of rotatable bonds is 3. The number of carbonyl (C=O) groups is 1. The molecule has 1 heterocycles. The van der Waals surface area contributed by atoms with Gasteiger partial charge in [-0.15, -0.1) is 0 Å². The Balaban J connectivity index is 2.00. The molecule has 3 heteroatoms. The molecule has 0 saturated carbocycles. The minimum Gasteiger partial charge on any atom is -0.393 e. The van der Waals surface area contributed by atoms with E-state index in [9.17, 15) is 9.90 Å². The fourth-order valence-corrected chi connectivity index (χ4v) is 2.19. The monoisotopic (exact) mass is 233 g/mol. The average Bonchev–Trinajstić information content (AvgIpc) is 2.64. The first-order valence-electron chi connectivity index (χ1n) is 6.07. The molecule has 2 unspecified atom stereocenters. The predicted molar refractivity (Wildman–Crippen MR) is 66.4 cm³/mol. The summed E-state index contributed by atoms with van der Waals surface area (Å²) in [6, 6.07) is 8.22. The van der Waals surface area contributed by atoms with Gasteiger partial charge in [0.25, 0.3) is 0 Å². The van der Waals surface area contributed by atoms with Crippen molar-refractivity contribution in [3.63, 3.8) is 0 Å². The number of aliphatic hydroxyl groups is 1. The third-order valence-corrected chi connectivity index (χ3v) is 3.42. The van der Waals surface area contributed by atoms with E-state index in [4.69, 9.17) is 0 Å². The summed E-state index contributed by atoms with van der Waals surface area (Å²) in [6.45, 7) is 5.13. The fourth-order valence-electron chi connectivity index (χ4n) is 2.19. The van der Waals surface area contributed by atoms with Gasteiger partial charge in [-0.25, -0.2) is 0 Å². The Bertz CT molecular complexity index is 397. The molecule has 1 aromatic carbocycles. The molecule has 1 aliphatic heterocycles. The molecule has 17 heavy (non-hydrogen) atoms. The summed E-state index contributed by atoms with van der Waals surface area (Å²) in [5.74, 6) is 0.240. The van der Waals surface area contributed by atoms with Crippen molar-refractivity contribution in [1.82, 2.24) is 4.90 Å². The highest BCUT2D eigenvalue weighted by atomic mass is 16.3. The molecular weight excluding hydrogens is 214 g/mol. The number of amides is 1. The molecular formula is C14H19NO2. The number of hydrogen-bond acceptors (Lipinski definition) is 2. The molecule has 1 amide bonds. The molecule has 0 radical (unpaired) electrons. The molecule has 2 rings (SSSR count). The van der Waals surface area contributed by atoms with Gasteiger partial charge in [-0.3, -0.25) is 4.79 Å². The van der Waals surface area contributed by atoms with Crippen molar-refractivity contribution in [2.75, 3.05) is 6.54 Å². The van der Waals surface area contributed by atoms with Crippen LogP contribution in [0.5, 0.6) is 0 Å². The summed E-state index contributed by atoms with van der Waals surface area (Å²) >= 11 is 0. The molecule has 1 aromatic rings. The Morgan fingerprint density at radius 2 is 2.06 bits per heavy atom. The smallest absolute Gasteiger partial charge is 0.223 e. The molecule has 1 saturated heterocycles. The van der Waals surface area contributed by atoms with E-state index in [2.05, 4.69) is 24.3 Å². The fraction of sp³-hybridized carbons (Fsp3) is 0.500. The van der Waals surface area contributed by atoms with Gasteiger partial charge >= 0.3 is 0 Å². The van der Waals surface area contributed by atoms with Crippen LogP contribution in [0.1, 0.15) is 24.5 Å². The van der Waals surface area contributed by atoms with Crippen LogP contribution in [-0.2, 0) is 11.3 Å². The molecule has 0 aromatic heterocycles. The molecule has 1 N–H and O–H groups in total. The zero-order valence-electron chi connectivity index (χ0n) is 10.4. The maximum atomic E-state index is 11.8. The summed E-state index contributed by atoms with van der Waals surface area (Å²) in [5.41, 5.74) is 2.37. The summed E-state index contributed by atoms with van der Waals surface area (Å²) in [5, 5.41) is 9.51. The number of likely N-dealkylation sites (tertiary alicyclic amines) is 1. The third-order valence-electron chi connectivity index (χ3n) is 3.42. The molecule has 0 aliphatic carbocycles. The minimum absolute atomic E-state index is 0.0907. The normalized spacial score (nSPS) is 21.9. The molecule has 1 fully saturated rings. The van der Waals surface area contributed by atoms with Crippen molar-refractivity contribution in [2.45, 2.75) is 32.9 Å². The highest BCUT2D eigenvalue weighted by Gasteiger charge is 2.32. The molecule has 92 valence electrons. The van der Waals surface area contributed by atoms with E-state index in [1.165, 1.54) is 5.56 Å². The van der Waals surface area contributed by atoms with E-state index in [-0.39, 0.29) is 11.8 Å². The number of benzene rings is 1. The molecule has 2 atom stereocenters. The van der Waals surface area contributed by atoms with E-state index in [0.717, 1.165) is 5.56 Å². The van der Waals surface area contributed by atoms with Crippen LogP contribution in [0.4, 0.5) is 0 Å².